The summed E-state index contributed by atoms with van der Waals surface area (Å²) in [7, 11) is 0. The van der Waals surface area contributed by atoms with E-state index >= 15 is 0 Å². The number of furan rings is 1. The van der Waals surface area contributed by atoms with Crippen molar-refractivity contribution in [1.82, 2.24) is 10.7 Å². The number of hydrazone groups is 1. The van der Waals surface area contributed by atoms with Crippen LogP contribution in [0.3, 0.4) is 0 Å². The zero-order valence-corrected chi connectivity index (χ0v) is 13.0. The SMILES string of the molecule is O=C(O)COc1ccccc1/C=N/NC(=O)CNC(=O)c1ccco1. The molecule has 25 heavy (non-hydrogen) atoms. The molecule has 0 saturated carbocycles. The Balaban J connectivity index is 1.83. The molecule has 2 rings (SSSR count). The molecule has 1 heterocycles. The van der Waals surface area contributed by atoms with Crippen molar-refractivity contribution in [3.63, 3.8) is 0 Å². The van der Waals surface area contributed by atoms with Crippen molar-refractivity contribution in [1.29, 1.82) is 0 Å². The summed E-state index contributed by atoms with van der Waals surface area (Å²) in [6, 6.07) is 9.64. The number of hydrogen-bond donors (Lipinski definition) is 3. The third-order valence-electron chi connectivity index (χ3n) is 2.82. The highest BCUT2D eigenvalue weighted by Crippen LogP contribution is 2.15. The fraction of sp³-hybridized carbons (Fsp3) is 0.125. The van der Waals surface area contributed by atoms with Gasteiger partial charge >= 0.3 is 5.97 Å². The fourth-order valence-corrected chi connectivity index (χ4v) is 1.73. The lowest BCUT2D eigenvalue weighted by molar-refractivity contribution is -0.139. The summed E-state index contributed by atoms with van der Waals surface area (Å²) in [5.74, 6) is -1.75. The number of carbonyl (C=O) groups is 3. The number of benzene rings is 1. The average molecular weight is 345 g/mol. The van der Waals surface area contributed by atoms with E-state index in [-0.39, 0.29) is 12.3 Å². The summed E-state index contributed by atoms with van der Waals surface area (Å²) in [5.41, 5.74) is 2.73. The van der Waals surface area contributed by atoms with Crippen LogP contribution in [0.5, 0.6) is 5.75 Å². The van der Waals surface area contributed by atoms with Gasteiger partial charge in [-0.05, 0) is 24.3 Å². The van der Waals surface area contributed by atoms with Gasteiger partial charge in [0, 0.05) is 5.56 Å². The molecule has 1 aromatic heterocycles. The maximum atomic E-state index is 11.6. The maximum Gasteiger partial charge on any atom is 0.341 e. The Kier molecular flexibility index (Phi) is 6.29. The average Bonchev–Trinajstić information content (AvgIpc) is 3.13. The number of carboxylic acids is 1. The predicted octanol–water partition coefficient (Wildman–Crippen LogP) is 0.623. The molecule has 0 aliphatic heterocycles. The van der Waals surface area contributed by atoms with Crippen molar-refractivity contribution < 1.29 is 28.6 Å². The molecule has 9 heteroatoms. The summed E-state index contributed by atoms with van der Waals surface area (Å²) < 4.78 is 10.00. The molecule has 9 nitrogen and oxygen atoms in total. The molecule has 0 aliphatic rings. The topological polar surface area (TPSA) is 130 Å². The number of ether oxygens (including phenoxy) is 1. The number of hydrogen-bond acceptors (Lipinski definition) is 6. The van der Waals surface area contributed by atoms with Crippen LogP contribution in [0, 0.1) is 0 Å². The summed E-state index contributed by atoms with van der Waals surface area (Å²) in [4.78, 5) is 33.8. The normalized spacial score (nSPS) is 10.4. The first-order valence-corrected chi connectivity index (χ1v) is 7.13. The van der Waals surface area contributed by atoms with Crippen LogP contribution in [-0.2, 0) is 9.59 Å². The van der Waals surface area contributed by atoms with Gasteiger partial charge in [-0.25, -0.2) is 10.2 Å². The second-order valence-corrected chi connectivity index (χ2v) is 4.67. The van der Waals surface area contributed by atoms with Crippen LogP contribution >= 0.6 is 0 Å². The Labute approximate surface area is 142 Å². The number of carboxylic acid groups (broad SMARTS) is 1. The molecule has 0 unspecified atom stereocenters. The second kappa shape index (κ2) is 8.87. The third kappa shape index (κ3) is 5.82. The van der Waals surface area contributed by atoms with E-state index in [0.29, 0.717) is 11.3 Å². The zero-order valence-electron chi connectivity index (χ0n) is 13.0. The van der Waals surface area contributed by atoms with Gasteiger partial charge in [-0.1, -0.05) is 12.1 Å². The molecule has 0 fully saturated rings. The summed E-state index contributed by atoms with van der Waals surface area (Å²) in [6.45, 7) is -0.774. The monoisotopic (exact) mass is 345 g/mol. The molecule has 2 aromatic rings. The first-order chi connectivity index (χ1) is 12.1. The smallest absolute Gasteiger partial charge is 0.341 e. The van der Waals surface area contributed by atoms with Crippen molar-refractivity contribution in [2.75, 3.05) is 13.2 Å². The number of carbonyl (C=O) groups excluding carboxylic acids is 2. The fourth-order valence-electron chi connectivity index (χ4n) is 1.73. The Morgan fingerprint density at radius 3 is 2.72 bits per heavy atom. The molecule has 0 spiro atoms. The number of amides is 2. The van der Waals surface area contributed by atoms with E-state index in [2.05, 4.69) is 15.8 Å². The van der Waals surface area contributed by atoms with E-state index in [9.17, 15) is 14.4 Å². The largest absolute Gasteiger partial charge is 0.481 e. The quantitative estimate of drug-likeness (QED) is 0.475. The molecule has 0 aliphatic carbocycles. The van der Waals surface area contributed by atoms with Crippen LogP contribution < -0.4 is 15.5 Å². The lowest BCUT2D eigenvalue weighted by atomic mass is 10.2. The van der Waals surface area contributed by atoms with E-state index < -0.39 is 24.4 Å². The molecule has 1 aromatic carbocycles. The molecule has 0 bridgehead atoms. The molecule has 0 atom stereocenters. The number of nitrogens with one attached hydrogen (secondary N) is 2. The minimum atomic E-state index is -1.10. The van der Waals surface area contributed by atoms with E-state index in [1.54, 1.807) is 30.3 Å². The van der Waals surface area contributed by atoms with Crippen molar-refractivity contribution in [2.24, 2.45) is 5.10 Å². The third-order valence-corrected chi connectivity index (χ3v) is 2.82. The van der Waals surface area contributed by atoms with Gasteiger partial charge in [0.1, 0.15) is 5.75 Å². The van der Waals surface area contributed by atoms with Crippen molar-refractivity contribution in [3.05, 3.63) is 54.0 Å². The lowest BCUT2D eigenvalue weighted by Gasteiger charge is -2.06. The van der Waals surface area contributed by atoms with Gasteiger partial charge in [-0.3, -0.25) is 9.59 Å². The zero-order chi connectivity index (χ0) is 18.1. The van der Waals surface area contributed by atoms with Crippen molar-refractivity contribution in [3.8, 4) is 5.75 Å². The maximum absolute atomic E-state index is 11.6. The summed E-state index contributed by atoms with van der Waals surface area (Å²) >= 11 is 0. The van der Waals surface area contributed by atoms with Gasteiger partial charge in [0.25, 0.3) is 11.8 Å². The van der Waals surface area contributed by atoms with Crippen LogP contribution in [0.25, 0.3) is 0 Å². The van der Waals surface area contributed by atoms with Crippen molar-refractivity contribution >= 4 is 24.0 Å². The van der Waals surface area contributed by atoms with E-state index in [0.717, 1.165) is 0 Å². The van der Waals surface area contributed by atoms with Gasteiger partial charge in [0.05, 0.1) is 19.0 Å². The van der Waals surface area contributed by atoms with E-state index in [1.165, 1.54) is 18.5 Å². The van der Waals surface area contributed by atoms with Gasteiger partial charge in [-0.2, -0.15) is 5.10 Å². The minimum absolute atomic E-state index is 0.0980. The van der Waals surface area contributed by atoms with Crippen molar-refractivity contribution in [2.45, 2.75) is 0 Å². The number of rotatable bonds is 8. The lowest BCUT2D eigenvalue weighted by Crippen LogP contribution is -2.34. The Morgan fingerprint density at radius 2 is 2.00 bits per heavy atom. The van der Waals surface area contributed by atoms with Gasteiger partial charge in [0.15, 0.2) is 12.4 Å². The molecule has 2 amide bonds. The van der Waals surface area contributed by atoms with Crippen LogP contribution in [0.1, 0.15) is 16.1 Å². The molecule has 3 N–H and O–H groups in total. The van der Waals surface area contributed by atoms with Crippen LogP contribution in [-0.4, -0.2) is 42.3 Å². The van der Waals surface area contributed by atoms with E-state index in [4.69, 9.17) is 14.3 Å². The second-order valence-electron chi connectivity index (χ2n) is 4.67. The molecule has 0 radical (unpaired) electrons. The van der Waals surface area contributed by atoms with Gasteiger partial charge in [0.2, 0.25) is 0 Å². The first kappa shape index (κ1) is 17.7. The first-order valence-electron chi connectivity index (χ1n) is 7.13. The standard InChI is InChI=1S/C16H15N3O6/c20-14(9-17-16(23)13-6-3-7-24-13)19-18-8-11-4-1-2-5-12(11)25-10-15(21)22/h1-8H,9-10H2,(H,17,23)(H,19,20)(H,21,22)/b18-8+. The Bertz CT molecular complexity index is 770. The number of nitrogens with zero attached hydrogens (tertiary/aromatic N) is 1. The molecular formula is C16H15N3O6. The van der Waals surface area contributed by atoms with Crippen LogP contribution in [0.4, 0.5) is 0 Å². The molecule has 130 valence electrons. The minimum Gasteiger partial charge on any atom is -0.481 e. The van der Waals surface area contributed by atoms with E-state index in [1.807, 2.05) is 0 Å². The summed E-state index contributed by atoms with van der Waals surface area (Å²) in [6.07, 6.45) is 2.66. The Morgan fingerprint density at radius 1 is 1.20 bits per heavy atom. The molecule has 0 saturated heterocycles. The Hall–Kier alpha value is -3.62. The highest BCUT2D eigenvalue weighted by Gasteiger charge is 2.09. The highest BCUT2D eigenvalue weighted by molar-refractivity contribution is 5.94. The summed E-state index contributed by atoms with van der Waals surface area (Å²) in [5, 5.41) is 14.7. The molecular weight excluding hydrogens is 330 g/mol. The predicted molar refractivity (Wildman–Crippen MR) is 86.4 cm³/mol. The van der Waals surface area contributed by atoms with Crippen LogP contribution in [0.15, 0.2) is 52.2 Å². The highest BCUT2D eigenvalue weighted by atomic mass is 16.5. The van der Waals surface area contributed by atoms with Crippen LogP contribution in [0.2, 0.25) is 0 Å². The number of para-hydroxylation sites is 1. The van der Waals surface area contributed by atoms with Gasteiger partial charge < -0.3 is 19.6 Å². The van der Waals surface area contributed by atoms with Gasteiger partial charge in [-0.15, -0.1) is 0 Å². The number of aliphatic carboxylic acids is 1.